The minimum atomic E-state index is 0.445. The van der Waals surface area contributed by atoms with Crippen molar-refractivity contribution in [3.63, 3.8) is 0 Å². The Morgan fingerprint density at radius 1 is 1.47 bits per heavy atom. The van der Waals surface area contributed by atoms with Crippen LogP contribution < -0.4 is 11.1 Å². The summed E-state index contributed by atoms with van der Waals surface area (Å²) >= 11 is 0. The number of nitrogens with two attached hydrogens (primary N) is 1. The van der Waals surface area contributed by atoms with Gasteiger partial charge in [-0.25, -0.2) is 0 Å². The van der Waals surface area contributed by atoms with Crippen LogP contribution in [0.15, 0.2) is 30.6 Å². The Morgan fingerprint density at radius 3 is 3.24 bits per heavy atom. The van der Waals surface area contributed by atoms with Gasteiger partial charge >= 0.3 is 0 Å². The Morgan fingerprint density at radius 2 is 2.41 bits per heavy atom. The molecule has 3 rings (SSSR count). The summed E-state index contributed by atoms with van der Waals surface area (Å²) in [5.74, 6) is 0. The number of aromatic nitrogens is 2. The van der Waals surface area contributed by atoms with E-state index in [4.69, 9.17) is 5.73 Å². The van der Waals surface area contributed by atoms with Gasteiger partial charge in [0.25, 0.3) is 0 Å². The highest BCUT2D eigenvalue weighted by atomic mass is 15.1. The van der Waals surface area contributed by atoms with Crippen molar-refractivity contribution in [1.82, 2.24) is 15.5 Å². The van der Waals surface area contributed by atoms with Gasteiger partial charge in [-0.3, -0.25) is 5.10 Å². The van der Waals surface area contributed by atoms with E-state index in [2.05, 4.69) is 27.6 Å². The van der Waals surface area contributed by atoms with Crippen molar-refractivity contribution in [3.05, 3.63) is 47.3 Å². The number of benzene rings is 1. The van der Waals surface area contributed by atoms with E-state index in [1.807, 2.05) is 18.5 Å². The molecule has 0 aliphatic heterocycles. The van der Waals surface area contributed by atoms with Crippen LogP contribution >= 0.6 is 0 Å². The molecule has 0 saturated heterocycles. The molecule has 1 aromatic heterocycles. The van der Waals surface area contributed by atoms with Crippen molar-refractivity contribution < 1.29 is 0 Å². The topological polar surface area (TPSA) is 66.7 Å². The smallest absolute Gasteiger partial charge is 0.0532 e. The van der Waals surface area contributed by atoms with E-state index in [9.17, 15) is 0 Å². The van der Waals surface area contributed by atoms with Gasteiger partial charge < -0.3 is 11.1 Å². The van der Waals surface area contributed by atoms with Crippen LogP contribution in [-0.4, -0.2) is 10.2 Å². The molecule has 0 spiro atoms. The first kappa shape index (κ1) is 10.4. The Balaban J connectivity index is 1.71. The fraction of sp³-hybridized carbons (Fsp3) is 0.308. The van der Waals surface area contributed by atoms with E-state index in [0.29, 0.717) is 6.04 Å². The number of nitrogens with one attached hydrogen (secondary N) is 2. The molecule has 4 nitrogen and oxygen atoms in total. The summed E-state index contributed by atoms with van der Waals surface area (Å²) < 4.78 is 0. The van der Waals surface area contributed by atoms with Gasteiger partial charge in [-0.2, -0.15) is 5.10 Å². The second-order valence-electron chi connectivity index (χ2n) is 4.54. The molecule has 0 saturated carbocycles. The van der Waals surface area contributed by atoms with Crippen LogP contribution in [0.1, 0.15) is 29.2 Å². The van der Waals surface area contributed by atoms with Crippen LogP contribution in [0.2, 0.25) is 0 Å². The molecule has 17 heavy (non-hydrogen) atoms. The van der Waals surface area contributed by atoms with E-state index in [0.717, 1.165) is 25.1 Å². The lowest BCUT2D eigenvalue weighted by atomic mass is 10.1. The average molecular weight is 228 g/mol. The van der Waals surface area contributed by atoms with Gasteiger partial charge in [-0.1, -0.05) is 6.07 Å². The number of nitrogen functional groups attached to an aromatic ring is 1. The second-order valence-corrected chi connectivity index (χ2v) is 4.54. The molecule has 0 amide bonds. The lowest BCUT2D eigenvalue weighted by Crippen LogP contribution is -2.18. The highest BCUT2D eigenvalue weighted by Crippen LogP contribution is 2.32. The van der Waals surface area contributed by atoms with Crippen LogP contribution in [0.5, 0.6) is 0 Å². The molecule has 2 aromatic rings. The largest absolute Gasteiger partial charge is 0.399 e. The first-order chi connectivity index (χ1) is 8.33. The van der Waals surface area contributed by atoms with Crippen LogP contribution in [-0.2, 0) is 13.0 Å². The third-order valence-corrected chi connectivity index (χ3v) is 3.35. The van der Waals surface area contributed by atoms with Crippen LogP contribution in [0.25, 0.3) is 0 Å². The molecule has 4 heteroatoms. The van der Waals surface area contributed by atoms with Crippen LogP contribution in [0.4, 0.5) is 5.69 Å². The van der Waals surface area contributed by atoms with Gasteiger partial charge in [0.05, 0.1) is 6.20 Å². The highest BCUT2D eigenvalue weighted by molar-refractivity contribution is 5.47. The van der Waals surface area contributed by atoms with E-state index in [1.165, 1.54) is 16.7 Å². The van der Waals surface area contributed by atoms with Gasteiger partial charge in [0.2, 0.25) is 0 Å². The standard InChI is InChI=1S/C13H16N4/c14-11-2-3-12-10(5-11)1-4-13(12)15-6-9-7-16-17-8-9/h2-3,5,7-8,13,15H,1,4,6,14H2,(H,16,17). The maximum atomic E-state index is 5.79. The summed E-state index contributed by atoms with van der Waals surface area (Å²) in [5.41, 5.74) is 10.6. The van der Waals surface area contributed by atoms with Crippen LogP contribution in [0.3, 0.4) is 0 Å². The predicted molar refractivity (Wildman–Crippen MR) is 67.3 cm³/mol. The van der Waals surface area contributed by atoms with Crippen molar-refractivity contribution in [2.75, 3.05) is 5.73 Å². The monoisotopic (exact) mass is 228 g/mol. The fourth-order valence-electron chi connectivity index (χ4n) is 2.46. The summed E-state index contributed by atoms with van der Waals surface area (Å²) in [6, 6.07) is 6.66. The zero-order chi connectivity index (χ0) is 11.7. The van der Waals surface area contributed by atoms with E-state index >= 15 is 0 Å². The van der Waals surface area contributed by atoms with E-state index < -0.39 is 0 Å². The predicted octanol–water partition coefficient (Wildman–Crippen LogP) is 1.77. The number of hydrogen-bond donors (Lipinski definition) is 3. The highest BCUT2D eigenvalue weighted by Gasteiger charge is 2.21. The van der Waals surface area contributed by atoms with E-state index in [-0.39, 0.29) is 0 Å². The summed E-state index contributed by atoms with van der Waals surface area (Å²) in [5, 5.41) is 10.3. The molecule has 1 heterocycles. The zero-order valence-corrected chi connectivity index (χ0v) is 9.61. The quantitative estimate of drug-likeness (QED) is 0.701. The number of aryl methyl sites for hydroxylation is 1. The fourth-order valence-corrected chi connectivity index (χ4v) is 2.46. The Kier molecular flexibility index (Phi) is 2.57. The van der Waals surface area contributed by atoms with Crippen molar-refractivity contribution in [2.45, 2.75) is 25.4 Å². The lowest BCUT2D eigenvalue weighted by Gasteiger charge is -2.13. The van der Waals surface area contributed by atoms with Crippen molar-refractivity contribution in [1.29, 1.82) is 0 Å². The number of aromatic amines is 1. The number of nitrogens with zero attached hydrogens (tertiary/aromatic N) is 1. The zero-order valence-electron chi connectivity index (χ0n) is 9.61. The first-order valence-corrected chi connectivity index (χ1v) is 5.92. The second kappa shape index (κ2) is 4.22. The van der Waals surface area contributed by atoms with Gasteiger partial charge in [0, 0.05) is 30.0 Å². The third kappa shape index (κ3) is 2.03. The molecule has 1 unspecified atom stereocenters. The Bertz CT molecular complexity index is 504. The maximum absolute atomic E-state index is 5.79. The maximum Gasteiger partial charge on any atom is 0.0532 e. The average Bonchev–Trinajstić information content (AvgIpc) is 2.94. The molecule has 1 aromatic carbocycles. The van der Waals surface area contributed by atoms with Crippen molar-refractivity contribution >= 4 is 5.69 Å². The molecule has 1 atom stereocenters. The molecule has 1 aliphatic rings. The Hall–Kier alpha value is -1.81. The summed E-state index contributed by atoms with van der Waals surface area (Å²) in [6.07, 6.45) is 6.04. The number of fused-ring (bicyclic) bond motifs is 1. The van der Waals surface area contributed by atoms with Gasteiger partial charge in [0.15, 0.2) is 0 Å². The number of anilines is 1. The molecule has 0 bridgehead atoms. The summed E-state index contributed by atoms with van der Waals surface area (Å²) in [4.78, 5) is 0. The molecule has 1 aliphatic carbocycles. The number of rotatable bonds is 3. The number of H-pyrrole nitrogens is 1. The SMILES string of the molecule is Nc1ccc2c(c1)CCC2NCc1cn[nH]c1. The molecular formula is C13H16N4. The Labute approximate surface area is 100 Å². The summed E-state index contributed by atoms with van der Waals surface area (Å²) in [7, 11) is 0. The van der Waals surface area contributed by atoms with Crippen molar-refractivity contribution in [3.8, 4) is 0 Å². The normalized spacial score (nSPS) is 18.2. The van der Waals surface area contributed by atoms with Crippen LogP contribution in [0, 0.1) is 0 Å². The van der Waals surface area contributed by atoms with Gasteiger partial charge in [-0.15, -0.1) is 0 Å². The van der Waals surface area contributed by atoms with Gasteiger partial charge in [0.1, 0.15) is 0 Å². The first-order valence-electron chi connectivity index (χ1n) is 5.92. The lowest BCUT2D eigenvalue weighted by molar-refractivity contribution is 0.530. The minimum absolute atomic E-state index is 0.445. The molecule has 0 radical (unpaired) electrons. The summed E-state index contributed by atoms with van der Waals surface area (Å²) in [6.45, 7) is 0.852. The molecule has 4 N–H and O–H groups in total. The van der Waals surface area contributed by atoms with E-state index in [1.54, 1.807) is 0 Å². The molecule has 88 valence electrons. The molecular weight excluding hydrogens is 212 g/mol. The third-order valence-electron chi connectivity index (χ3n) is 3.35. The van der Waals surface area contributed by atoms with Gasteiger partial charge in [-0.05, 0) is 36.1 Å². The molecule has 0 fully saturated rings. The number of hydrogen-bond acceptors (Lipinski definition) is 3. The van der Waals surface area contributed by atoms with Crippen molar-refractivity contribution in [2.24, 2.45) is 0 Å². The minimum Gasteiger partial charge on any atom is -0.399 e.